The zero-order valence-electron chi connectivity index (χ0n) is 18.0. The van der Waals surface area contributed by atoms with Crippen LogP contribution in [0, 0.1) is 5.82 Å². The van der Waals surface area contributed by atoms with Crippen LogP contribution in [0.5, 0.6) is 0 Å². The van der Waals surface area contributed by atoms with Crippen molar-refractivity contribution in [3.8, 4) is 0 Å². The maximum absolute atomic E-state index is 13.0. The van der Waals surface area contributed by atoms with E-state index in [1.54, 1.807) is 24.3 Å². The highest BCUT2D eigenvalue weighted by Crippen LogP contribution is 2.20. The van der Waals surface area contributed by atoms with Gasteiger partial charge in [-0.3, -0.25) is 9.59 Å². The van der Waals surface area contributed by atoms with E-state index >= 15 is 0 Å². The molecule has 2 aromatic carbocycles. The summed E-state index contributed by atoms with van der Waals surface area (Å²) in [6.45, 7) is 3.57. The Balaban J connectivity index is 1.52. The summed E-state index contributed by atoms with van der Waals surface area (Å²) in [5.74, 6) is -1.16. The molecule has 4 N–H and O–H groups in total. The monoisotopic (exact) mass is 427 g/mol. The SMILES string of the molecule is CC(NC(=O)C(C)(O)CNC1CCCC1)c1ccc(NC(=O)c2ccc(F)cc2)cc1. The number of aliphatic hydroxyl groups is 1. The Labute approximate surface area is 182 Å². The standard InChI is InChI=1S/C24H30FN3O3/c1-16(27-23(30)24(2,31)15-26-20-5-3-4-6-20)17-9-13-21(14-10-17)28-22(29)18-7-11-19(25)12-8-18/h7-14,16,20,26,31H,3-6,15H2,1-2H3,(H,27,30)(H,28,29). The lowest BCUT2D eigenvalue weighted by Gasteiger charge is -2.27. The summed E-state index contributed by atoms with van der Waals surface area (Å²) < 4.78 is 13.0. The van der Waals surface area contributed by atoms with Crippen LogP contribution in [0.2, 0.25) is 0 Å². The molecule has 0 radical (unpaired) electrons. The fraction of sp³-hybridized carbons (Fsp3) is 0.417. The number of hydrogen-bond donors (Lipinski definition) is 4. The molecule has 2 atom stereocenters. The summed E-state index contributed by atoms with van der Waals surface area (Å²) in [7, 11) is 0. The molecule has 2 unspecified atom stereocenters. The van der Waals surface area contributed by atoms with Crippen LogP contribution in [-0.2, 0) is 4.79 Å². The van der Waals surface area contributed by atoms with Gasteiger partial charge in [-0.2, -0.15) is 0 Å². The van der Waals surface area contributed by atoms with Crippen LogP contribution < -0.4 is 16.0 Å². The fourth-order valence-corrected chi connectivity index (χ4v) is 3.65. The number of halogens is 1. The lowest BCUT2D eigenvalue weighted by atomic mass is 10.0. The molecule has 0 heterocycles. The molecule has 1 saturated carbocycles. The topological polar surface area (TPSA) is 90.5 Å². The fourth-order valence-electron chi connectivity index (χ4n) is 3.65. The van der Waals surface area contributed by atoms with Gasteiger partial charge < -0.3 is 21.1 Å². The van der Waals surface area contributed by atoms with E-state index in [2.05, 4.69) is 16.0 Å². The molecule has 1 fully saturated rings. The van der Waals surface area contributed by atoms with Gasteiger partial charge in [-0.1, -0.05) is 25.0 Å². The van der Waals surface area contributed by atoms with Crippen molar-refractivity contribution in [3.63, 3.8) is 0 Å². The Morgan fingerprint density at radius 3 is 2.32 bits per heavy atom. The average Bonchev–Trinajstić information content (AvgIpc) is 3.27. The molecule has 2 amide bonds. The minimum Gasteiger partial charge on any atom is -0.379 e. The van der Waals surface area contributed by atoms with Gasteiger partial charge in [0.05, 0.1) is 6.04 Å². The third-order valence-electron chi connectivity index (χ3n) is 5.70. The summed E-state index contributed by atoms with van der Waals surface area (Å²) >= 11 is 0. The smallest absolute Gasteiger partial charge is 0.255 e. The maximum atomic E-state index is 13.0. The third-order valence-corrected chi connectivity index (χ3v) is 5.70. The predicted octanol–water partition coefficient (Wildman–Crippen LogP) is 3.54. The number of rotatable bonds is 8. The van der Waals surface area contributed by atoms with Crippen molar-refractivity contribution in [3.05, 3.63) is 65.5 Å². The lowest BCUT2D eigenvalue weighted by molar-refractivity contribution is -0.138. The van der Waals surface area contributed by atoms with Gasteiger partial charge in [0.15, 0.2) is 5.60 Å². The number of carbonyl (C=O) groups excluding carboxylic acids is 2. The van der Waals surface area contributed by atoms with Gasteiger partial charge in [-0.25, -0.2) is 4.39 Å². The zero-order chi connectivity index (χ0) is 22.4. The van der Waals surface area contributed by atoms with Gasteiger partial charge in [0, 0.05) is 23.8 Å². The van der Waals surface area contributed by atoms with Gasteiger partial charge in [-0.05, 0) is 68.7 Å². The minimum atomic E-state index is -1.50. The highest BCUT2D eigenvalue weighted by molar-refractivity contribution is 6.04. The second kappa shape index (κ2) is 10.0. The highest BCUT2D eigenvalue weighted by Gasteiger charge is 2.32. The number of amides is 2. The minimum absolute atomic E-state index is 0.213. The molecule has 0 saturated heterocycles. The van der Waals surface area contributed by atoms with E-state index in [0.29, 0.717) is 17.3 Å². The first-order valence-electron chi connectivity index (χ1n) is 10.7. The molecule has 0 bridgehead atoms. The molecule has 0 aliphatic heterocycles. The quantitative estimate of drug-likeness (QED) is 0.519. The van der Waals surface area contributed by atoms with Crippen LogP contribution in [0.1, 0.15) is 61.5 Å². The van der Waals surface area contributed by atoms with E-state index < -0.39 is 17.3 Å². The van der Waals surface area contributed by atoms with Crippen molar-refractivity contribution in [2.75, 3.05) is 11.9 Å². The van der Waals surface area contributed by atoms with Crippen LogP contribution in [0.15, 0.2) is 48.5 Å². The highest BCUT2D eigenvalue weighted by atomic mass is 19.1. The second-order valence-corrected chi connectivity index (χ2v) is 8.41. The van der Waals surface area contributed by atoms with Crippen molar-refractivity contribution < 1.29 is 19.1 Å². The Bertz CT molecular complexity index is 891. The molecule has 3 rings (SSSR count). The molecular formula is C24H30FN3O3. The van der Waals surface area contributed by atoms with Crippen molar-refractivity contribution in [1.29, 1.82) is 0 Å². The number of anilines is 1. The van der Waals surface area contributed by atoms with Gasteiger partial charge >= 0.3 is 0 Å². The Kier molecular flexibility index (Phi) is 7.41. The first-order chi connectivity index (χ1) is 14.7. The van der Waals surface area contributed by atoms with Crippen LogP contribution in [0.4, 0.5) is 10.1 Å². The van der Waals surface area contributed by atoms with Gasteiger partial charge in [0.1, 0.15) is 5.82 Å². The summed E-state index contributed by atoms with van der Waals surface area (Å²) in [5, 5.41) is 19.5. The molecule has 31 heavy (non-hydrogen) atoms. The summed E-state index contributed by atoms with van der Waals surface area (Å²) in [6, 6.07) is 12.4. The molecule has 166 valence electrons. The van der Waals surface area contributed by atoms with Crippen LogP contribution >= 0.6 is 0 Å². The van der Waals surface area contributed by atoms with E-state index in [4.69, 9.17) is 0 Å². The largest absolute Gasteiger partial charge is 0.379 e. The van der Waals surface area contributed by atoms with E-state index in [-0.39, 0.29) is 18.5 Å². The van der Waals surface area contributed by atoms with Gasteiger partial charge in [-0.15, -0.1) is 0 Å². The van der Waals surface area contributed by atoms with Crippen LogP contribution in [-0.4, -0.2) is 35.1 Å². The molecule has 0 aromatic heterocycles. The molecule has 1 aliphatic rings. The van der Waals surface area contributed by atoms with Crippen molar-refractivity contribution in [2.45, 2.75) is 57.2 Å². The Morgan fingerprint density at radius 2 is 1.71 bits per heavy atom. The zero-order valence-corrected chi connectivity index (χ0v) is 18.0. The van der Waals surface area contributed by atoms with Crippen molar-refractivity contribution >= 4 is 17.5 Å². The normalized spacial score (nSPS) is 17.0. The molecule has 0 spiro atoms. The Hall–Kier alpha value is -2.77. The van der Waals surface area contributed by atoms with Crippen molar-refractivity contribution in [2.24, 2.45) is 0 Å². The van der Waals surface area contributed by atoms with E-state index in [9.17, 15) is 19.1 Å². The molecular weight excluding hydrogens is 397 g/mol. The Morgan fingerprint density at radius 1 is 1.10 bits per heavy atom. The van der Waals surface area contributed by atoms with E-state index in [0.717, 1.165) is 18.4 Å². The van der Waals surface area contributed by atoms with Crippen LogP contribution in [0.3, 0.4) is 0 Å². The second-order valence-electron chi connectivity index (χ2n) is 8.41. The molecule has 2 aromatic rings. The summed E-state index contributed by atoms with van der Waals surface area (Å²) in [6.07, 6.45) is 4.53. The van der Waals surface area contributed by atoms with Gasteiger partial charge in [0.25, 0.3) is 11.8 Å². The average molecular weight is 428 g/mol. The summed E-state index contributed by atoms with van der Waals surface area (Å²) in [5.41, 5.74) is 0.288. The number of nitrogens with one attached hydrogen (secondary N) is 3. The lowest BCUT2D eigenvalue weighted by Crippen LogP contribution is -2.52. The van der Waals surface area contributed by atoms with E-state index in [1.807, 2.05) is 6.92 Å². The first kappa shape index (κ1) is 22.9. The number of hydrogen-bond acceptors (Lipinski definition) is 4. The first-order valence-corrected chi connectivity index (χ1v) is 10.7. The third kappa shape index (κ3) is 6.35. The predicted molar refractivity (Wildman–Crippen MR) is 118 cm³/mol. The van der Waals surface area contributed by atoms with Crippen LogP contribution in [0.25, 0.3) is 0 Å². The van der Waals surface area contributed by atoms with Gasteiger partial charge in [0.2, 0.25) is 0 Å². The number of carbonyl (C=O) groups is 2. The maximum Gasteiger partial charge on any atom is 0.255 e. The molecule has 1 aliphatic carbocycles. The number of benzene rings is 2. The van der Waals surface area contributed by atoms with Crippen molar-refractivity contribution in [1.82, 2.24) is 10.6 Å². The summed E-state index contributed by atoms with van der Waals surface area (Å²) in [4.78, 5) is 24.8. The molecule has 7 heteroatoms. The molecule has 6 nitrogen and oxygen atoms in total. The van der Waals surface area contributed by atoms with E-state index in [1.165, 1.54) is 44.0 Å².